The Balaban J connectivity index is 4.08. The van der Waals surface area contributed by atoms with Crippen LogP contribution in [0.25, 0.3) is 0 Å². The van der Waals surface area contributed by atoms with Gasteiger partial charge in [-0.05, 0) is 44.9 Å². The smallest absolute Gasteiger partial charge is 0.306 e. The number of hydrogen-bond acceptors (Lipinski definition) is 5. The number of carbonyl (C=O) groups excluding carboxylic acids is 2. The van der Waals surface area contributed by atoms with E-state index in [0.29, 0.717) is 19.4 Å². The topological polar surface area (TPSA) is 61.8 Å². The van der Waals surface area contributed by atoms with Crippen LogP contribution < -0.4 is 0 Å². The maximum Gasteiger partial charge on any atom is 0.306 e. The average Bonchev–Trinajstić information content (AvgIpc) is 3.08. The lowest BCUT2D eigenvalue weighted by Crippen LogP contribution is -2.30. The molecular formula is C43H80O5. The molecule has 0 amide bonds. The number of unbranched alkanes of at least 4 members (excludes halogenated alkanes) is 23. The lowest BCUT2D eigenvalue weighted by Gasteiger charge is -2.18. The monoisotopic (exact) mass is 677 g/mol. The van der Waals surface area contributed by atoms with Gasteiger partial charge in [0.15, 0.2) is 6.10 Å². The van der Waals surface area contributed by atoms with Gasteiger partial charge in [-0.1, -0.05) is 180 Å². The molecule has 5 nitrogen and oxygen atoms in total. The molecule has 0 rings (SSSR count). The van der Waals surface area contributed by atoms with Crippen molar-refractivity contribution in [2.45, 2.75) is 219 Å². The van der Waals surface area contributed by atoms with Crippen LogP contribution in [0.1, 0.15) is 213 Å². The summed E-state index contributed by atoms with van der Waals surface area (Å²) in [4.78, 5) is 24.9. The van der Waals surface area contributed by atoms with Crippen LogP contribution in [-0.4, -0.2) is 37.9 Å². The van der Waals surface area contributed by atoms with Crippen LogP contribution in [0.5, 0.6) is 0 Å². The fraction of sp³-hybridized carbons (Fsp3) is 0.860. The van der Waals surface area contributed by atoms with Crippen LogP contribution in [-0.2, 0) is 23.8 Å². The van der Waals surface area contributed by atoms with Gasteiger partial charge in [0.1, 0.15) is 6.61 Å². The molecule has 0 N–H and O–H groups in total. The van der Waals surface area contributed by atoms with E-state index in [9.17, 15) is 9.59 Å². The fourth-order valence-corrected chi connectivity index (χ4v) is 5.84. The third-order valence-electron chi connectivity index (χ3n) is 8.97. The minimum atomic E-state index is -0.529. The van der Waals surface area contributed by atoms with Crippen LogP contribution in [0.4, 0.5) is 0 Å². The summed E-state index contributed by atoms with van der Waals surface area (Å²) < 4.78 is 17.1. The fourth-order valence-electron chi connectivity index (χ4n) is 5.84. The summed E-state index contributed by atoms with van der Waals surface area (Å²) in [5.41, 5.74) is 0. The molecule has 0 saturated carbocycles. The first kappa shape index (κ1) is 46.4. The first-order valence-corrected chi connectivity index (χ1v) is 20.9. The average molecular weight is 677 g/mol. The van der Waals surface area contributed by atoms with Crippen molar-refractivity contribution >= 4 is 11.9 Å². The Morgan fingerprint density at radius 3 is 1.46 bits per heavy atom. The molecule has 0 aromatic heterocycles. The second kappa shape index (κ2) is 39.8. The van der Waals surface area contributed by atoms with Gasteiger partial charge in [0, 0.05) is 19.4 Å². The van der Waals surface area contributed by atoms with Gasteiger partial charge in [0.25, 0.3) is 0 Å². The molecule has 282 valence electrons. The summed E-state index contributed by atoms with van der Waals surface area (Å²) in [5.74, 6) is -0.419. The summed E-state index contributed by atoms with van der Waals surface area (Å²) in [5, 5.41) is 0. The van der Waals surface area contributed by atoms with Gasteiger partial charge in [-0.2, -0.15) is 0 Å². The van der Waals surface area contributed by atoms with E-state index in [1.165, 1.54) is 122 Å². The highest BCUT2D eigenvalue weighted by Gasteiger charge is 2.17. The Labute approximate surface area is 298 Å². The Morgan fingerprint density at radius 1 is 0.458 bits per heavy atom. The lowest BCUT2D eigenvalue weighted by atomic mass is 10.0. The van der Waals surface area contributed by atoms with Gasteiger partial charge in [0.05, 0.1) is 6.61 Å². The second-order valence-corrected chi connectivity index (χ2v) is 13.9. The molecule has 0 aromatic carbocycles. The van der Waals surface area contributed by atoms with Crippen molar-refractivity contribution in [2.24, 2.45) is 0 Å². The van der Waals surface area contributed by atoms with Crippen LogP contribution >= 0.6 is 0 Å². The maximum atomic E-state index is 12.5. The lowest BCUT2D eigenvalue weighted by molar-refractivity contribution is -0.163. The Hall–Kier alpha value is -1.62. The van der Waals surface area contributed by atoms with Gasteiger partial charge in [-0.3, -0.25) is 9.59 Å². The largest absolute Gasteiger partial charge is 0.462 e. The van der Waals surface area contributed by atoms with Crippen molar-refractivity contribution in [3.8, 4) is 0 Å². The highest BCUT2D eigenvalue weighted by atomic mass is 16.6. The van der Waals surface area contributed by atoms with Gasteiger partial charge in [-0.15, -0.1) is 0 Å². The molecule has 0 aliphatic rings. The van der Waals surface area contributed by atoms with E-state index in [2.05, 4.69) is 45.1 Å². The first-order valence-electron chi connectivity index (χ1n) is 20.9. The standard InChI is InChI=1S/C43H80O5/c1-4-7-10-13-15-17-19-21-23-25-27-29-32-35-38-46-39-41(48-43(45)37-34-30-12-9-6-3)40-47-42(44)36-33-31-28-26-24-22-20-18-16-14-11-8-5-2/h11,14,18,20,41H,4-10,12-13,15-17,19,21-40H2,1-3H3/b14-11-,20-18-. The first-order chi connectivity index (χ1) is 23.6. The van der Waals surface area contributed by atoms with E-state index >= 15 is 0 Å². The molecule has 48 heavy (non-hydrogen) atoms. The number of ether oxygens (including phenoxy) is 3. The predicted molar refractivity (Wildman–Crippen MR) is 205 cm³/mol. The van der Waals surface area contributed by atoms with Crippen LogP contribution in [0.15, 0.2) is 24.3 Å². The summed E-state index contributed by atoms with van der Waals surface area (Å²) in [6.45, 7) is 7.69. The summed E-state index contributed by atoms with van der Waals surface area (Å²) in [6.07, 6.45) is 43.4. The third-order valence-corrected chi connectivity index (χ3v) is 8.97. The molecule has 5 heteroatoms. The van der Waals surface area contributed by atoms with Gasteiger partial charge in [0.2, 0.25) is 0 Å². The van der Waals surface area contributed by atoms with E-state index in [1.807, 2.05) is 0 Å². The summed E-state index contributed by atoms with van der Waals surface area (Å²) >= 11 is 0. The Morgan fingerprint density at radius 2 is 0.917 bits per heavy atom. The molecule has 0 saturated heterocycles. The number of carbonyl (C=O) groups is 2. The zero-order valence-corrected chi connectivity index (χ0v) is 32.3. The quantitative estimate of drug-likeness (QED) is 0.0370. The van der Waals surface area contributed by atoms with E-state index in [4.69, 9.17) is 14.2 Å². The summed E-state index contributed by atoms with van der Waals surface area (Å²) in [6, 6.07) is 0. The molecule has 0 aliphatic carbocycles. The minimum absolute atomic E-state index is 0.0825. The van der Waals surface area contributed by atoms with Crippen molar-refractivity contribution in [3.63, 3.8) is 0 Å². The maximum absolute atomic E-state index is 12.5. The predicted octanol–water partition coefficient (Wildman–Crippen LogP) is 13.3. The van der Waals surface area contributed by atoms with E-state index in [-0.39, 0.29) is 25.2 Å². The van der Waals surface area contributed by atoms with Crippen molar-refractivity contribution in [2.75, 3.05) is 19.8 Å². The van der Waals surface area contributed by atoms with Gasteiger partial charge in [-0.25, -0.2) is 0 Å². The molecule has 0 radical (unpaired) electrons. The van der Waals surface area contributed by atoms with Crippen LogP contribution in [0.2, 0.25) is 0 Å². The van der Waals surface area contributed by atoms with Crippen molar-refractivity contribution in [3.05, 3.63) is 24.3 Å². The molecular weight excluding hydrogens is 596 g/mol. The Bertz CT molecular complexity index is 731. The molecule has 1 atom stereocenters. The second-order valence-electron chi connectivity index (χ2n) is 13.9. The molecule has 0 aliphatic heterocycles. The molecule has 0 spiro atoms. The molecule has 0 fully saturated rings. The highest BCUT2D eigenvalue weighted by molar-refractivity contribution is 5.70. The minimum Gasteiger partial charge on any atom is -0.462 e. The third kappa shape index (κ3) is 37.2. The normalized spacial score (nSPS) is 12.3. The highest BCUT2D eigenvalue weighted by Crippen LogP contribution is 2.14. The molecule has 0 bridgehead atoms. The van der Waals surface area contributed by atoms with E-state index < -0.39 is 6.10 Å². The SMILES string of the molecule is CCC/C=C\C/C=C\CCCCCCCC(=O)OCC(COCCCCCCCCCCCCCCCC)OC(=O)CCCCCCC. The number of allylic oxidation sites excluding steroid dienone is 4. The van der Waals surface area contributed by atoms with Gasteiger partial charge < -0.3 is 14.2 Å². The van der Waals surface area contributed by atoms with Crippen molar-refractivity contribution < 1.29 is 23.8 Å². The zero-order chi connectivity index (χ0) is 35.0. The van der Waals surface area contributed by atoms with E-state index in [1.54, 1.807) is 0 Å². The van der Waals surface area contributed by atoms with Crippen molar-refractivity contribution in [1.29, 1.82) is 0 Å². The molecule has 1 unspecified atom stereocenters. The van der Waals surface area contributed by atoms with Crippen LogP contribution in [0.3, 0.4) is 0 Å². The zero-order valence-electron chi connectivity index (χ0n) is 32.3. The molecule has 0 aromatic rings. The van der Waals surface area contributed by atoms with E-state index in [0.717, 1.165) is 57.8 Å². The molecule has 0 heterocycles. The van der Waals surface area contributed by atoms with Crippen molar-refractivity contribution in [1.82, 2.24) is 0 Å². The van der Waals surface area contributed by atoms with Crippen LogP contribution in [0, 0.1) is 0 Å². The number of rotatable bonds is 38. The Kier molecular flexibility index (Phi) is 38.5. The summed E-state index contributed by atoms with van der Waals surface area (Å²) in [7, 11) is 0. The number of esters is 2. The number of hydrogen-bond donors (Lipinski definition) is 0. The van der Waals surface area contributed by atoms with Gasteiger partial charge >= 0.3 is 11.9 Å².